The highest BCUT2D eigenvalue weighted by molar-refractivity contribution is 7.91. The summed E-state index contributed by atoms with van der Waals surface area (Å²) in [5.41, 5.74) is 1.01. The molecule has 0 aliphatic carbocycles. The van der Waals surface area contributed by atoms with Crippen molar-refractivity contribution >= 4 is 21.4 Å². The lowest BCUT2D eigenvalue weighted by Crippen LogP contribution is -2.37. The van der Waals surface area contributed by atoms with Crippen molar-refractivity contribution in [1.82, 2.24) is 14.9 Å². The van der Waals surface area contributed by atoms with E-state index >= 15 is 0 Å². The minimum absolute atomic E-state index is 0.163. The van der Waals surface area contributed by atoms with Gasteiger partial charge >= 0.3 is 0 Å². The molecule has 0 saturated heterocycles. The second-order valence-corrected chi connectivity index (χ2v) is 7.62. The molecular weight excluding hydrogens is 282 g/mol. The molecule has 1 atom stereocenters. The van der Waals surface area contributed by atoms with Crippen LogP contribution in [-0.2, 0) is 16.6 Å². The molecule has 7 heteroatoms. The van der Waals surface area contributed by atoms with Gasteiger partial charge < -0.3 is 10.2 Å². The van der Waals surface area contributed by atoms with Crippen molar-refractivity contribution < 1.29 is 8.42 Å². The molecule has 0 fully saturated rings. The van der Waals surface area contributed by atoms with Crippen LogP contribution in [0.4, 0.5) is 0 Å². The van der Waals surface area contributed by atoms with Crippen LogP contribution in [0.3, 0.4) is 0 Å². The standard InChI is InChI=1S/C12H23N3O2S2/c1-5-13-8-11-6-12(18-9-11)19(16,17)14-7-10(2)15(3)4/h6,9-10,13-14H,5,7-8H2,1-4H3. The average Bonchev–Trinajstić information content (AvgIpc) is 2.82. The van der Waals surface area contributed by atoms with Gasteiger partial charge in [0, 0.05) is 19.1 Å². The third-order valence-electron chi connectivity index (χ3n) is 2.92. The van der Waals surface area contributed by atoms with Crippen molar-refractivity contribution in [3.63, 3.8) is 0 Å². The minimum Gasteiger partial charge on any atom is -0.313 e. The lowest BCUT2D eigenvalue weighted by molar-refractivity contribution is 0.314. The topological polar surface area (TPSA) is 61.4 Å². The van der Waals surface area contributed by atoms with Crippen molar-refractivity contribution in [2.45, 2.75) is 30.6 Å². The Bertz CT molecular complexity index is 483. The molecule has 0 bridgehead atoms. The lowest BCUT2D eigenvalue weighted by Gasteiger charge is -2.19. The molecule has 1 heterocycles. The summed E-state index contributed by atoms with van der Waals surface area (Å²) < 4.78 is 27.2. The van der Waals surface area contributed by atoms with Gasteiger partial charge in [-0.3, -0.25) is 0 Å². The number of thiophene rings is 1. The molecule has 1 aromatic rings. The normalized spacial score (nSPS) is 13.9. The van der Waals surface area contributed by atoms with Crippen LogP contribution in [0.15, 0.2) is 15.7 Å². The Morgan fingerprint density at radius 1 is 1.42 bits per heavy atom. The number of hydrogen-bond donors (Lipinski definition) is 2. The van der Waals surface area contributed by atoms with Gasteiger partial charge in [-0.2, -0.15) is 0 Å². The monoisotopic (exact) mass is 305 g/mol. The summed E-state index contributed by atoms with van der Waals surface area (Å²) >= 11 is 1.26. The number of rotatable bonds is 8. The zero-order chi connectivity index (χ0) is 14.5. The Hall–Kier alpha value is -0.470. The first-order valence-electron chi connectivity index (χ1n) is 6.31. The molecule has 0 amide bonds. The summed E-state index contributed by atoms with van der Waals surface area (Å²) in [5.74, 6) is 0. The molecule has 0 spiro atoms. The van der Waals surface area contributed by atoms with Gasteiger partial charge in [0.1, 0.15) is 4.21 Å². The predicted octanol–water partition coefficient (Wildman–Crippen LogP) is 1.09. The van der Waals surface area contributed by atoms with Gasteiger partial charge in [0.15, 0.2) is 0 Å². The SMILES string of the molecule is CCNCc1csc(S(=O)(=O)NCC(C)N(C)C)c1. The van der Waals surface area contributed by atoms with E-state index in [0.717, 1.165) is 12.1 Å². The van der Waals surface area contributed by atoms with Gasteiger partial charge in [0.25, 0.3) is 0 Å². The second-order valence-electron chi connectivity index (χ2n) is 4.72. The molecule has 0 saturated carbocycles. The summed E-state index contributed by atoms with van der Waals surface area (Å²) in [5, 5.41) is 5.06. The molecule has 5 nitrogen and oxygen atoms in total. The van der Waals surface area contributed by atoms with Gasteiger partial charge in [-0.15, -0.1) is 11.3 Å². The van der Waals surface area contributed by atoms with Crippen LogP contribution in [0.25, 0.3) is 0 Å². The van der Waals surface area contributed by atoms with Crippen LogP contribution in [0.1, 0.15) is 19.4 Å². The fraction of sp³-hybridized carbons (Fsp3) is 0.667. The molecule has 0 aromatic carbocycles. The van der Waals surface area contributed by atoms with Crippen molar-refractivity contribution in [2.75, 3.05) is 27.2 Å². The van der Waals surface area contributed by atoms with Crippen LogP contribution in [0, 0.1) is 0 Å². The van der Waals surface area contributed by atoms with E-state index in [1.165, 1.54) is 11.3 Å². The predicted molar refractivity (Wildman–Crippen MR) is 80.0 cm³/mol. The van der Waals surface area contributed by atoms with Crippen LogP contribution >= 0.6 is 11.3 Å². The van der Waals surface area contributed by atoms with Crippen molar-refractivity contribution in [2.24, 2.45) is 0 Å². The minimum atomic E-state index is -3.38. The van der Waals surface area contributed by atoms with Crippen molar-refractivity contribution in [3.05, 3.63) is 17.0 Å². The van der Waals surface area contributed by atoms with Crippen LogP contribution < -0.4 is 10.0 Å². The number of hydrogen-bond acceptors (Lipinski definition) is 5. The van der Waals surface area contributed by atoms with E-state index in [4.69, 9.17) is 0 Å². The highest BCUT2D eigenvalue weighted by Crippen LogP contribution is 2.20. The smallest absolute Gasteiger partial charge is 0.250 e. The molecular formula is C12H23N3O2S2. The Balaban J connectivity index is 2.64. The molecule has 110 valence electrons. The lowest BCUT2D eigenvalue weighted by atomic mass is 10.3. The van der Waals surface area contributed by atoms with E-state index in [1.54, 1.807) is 6.07 Å². The average molecular weight is 305 g/mol. The van der Waals surface area contributed by atoms with Crippen molar-refractivity contribution in [3.8, 4) is 0 Å². The Morgan fingerprint density at radius 2 is 2.11 bits per heavy atom. The molecule has 1 aromatic heterocycles. The van der Waals surface area contributed by atoms with E-state index < -0.39 is 10.0 Å². The first kappa shape index (κ1) is 16.6. The molecule has 0 aliphatic heterocycles. The Labute approximate surface area is 120 Å². The molecule has 2 N–H and O–H groups in total. The maximum Gasteiger partial charge on any atom is 0.250 e. The van der Waals surface area contributed by atoms with Gasteiger partial charge in [-0.05, 0) is 44.6 Å². The van der Waals surface area contributed by atoms with Gasteiger partial charge in [-0.25, -0.2) is 13.1 Å². The molecule has 1 unspecified atom stereocenters. The number of nitrogens with one attached hydrogen (secondary N) is 2. The maximum absolute atomic E-state index is 12.1. The molecule has 1 rings (SSSR count). The van der Waals surface area contributed by atoms with E-state index in [-0.39, 0.29) is 6.04 Å². The summed E-state index contributed by atoms with van der Waals surface area (Å²) in [6.07, 6.45) is 0. The van der Waals surface area contributed by atoms with E-state index in [9.17, 15) is 8.42 Å². The number of nitrogens with zero attached hydrogens (tertiary/aromatic N) is 1. The highest BCUT2D eigenvalue weighted by Gasteiger charge is 2.18. The quantitative estimate of drug-likeness (QED) is 0.755. The van der Waals surface area contributed by atoms with Crippen LogP contribution in [0.2, 0.25) is 0 Å². The summed E-state index contributed by atoms with van der Waals surface area (Å²) in [4.78, 5) is 1.98. The van der Waals surface area contributed by atoms with Gasteiger partial charge in [0.2, 0.25) is 10.0 Å². The highest BCUT2D eigenvalue weighted by atomic mass is 32.2. The zero-order valence-electron chi connectivity index (χ0n) is 11.9. The van der Waals surface area contributed by atoms with Gasteiger partial charge in [-0.1, -0.05) is 6.92 Å². The molecule has 0 radical (unpaired) electrons. The van der Waals surface area contributed by atoms with Crippen LogP contribution in [0.5, 0.6) is 0 Å². The zero-order valence-corrected chi connectivity index (χ0v) is 13.6. The summed E-state index contributed by atoms with van der Waals surface area (Å²) in [7, 11) is 0.479. The first-order valence-corrected chi connectivity index (χ1v) is 8.67. The summed E-state index contributed by atoms with van der Waals surface area (Å²) in [6.45, 7) is 5.99. The number of sulfonamides is 1. The van der Waals surface area contributed by atoms with E-state index in [2.05, 4.69) is 10.0 Å². The third kappa shape index (κ3) is 5.19. The van der Waals surface area contributed by atoms with Crippen molar-refractivity contribution in [1.29, 1.82) is 0 Å². The summed E-state index contributed by atoms with van der Waals surface area (Å²) in [6, 6.07) is 1.90. The van der Waals surface area contributed by atoms with E-state index in [0.29, 0.717) is 17.3 Å². The Morgan fingerprint density at radius 3 is 2.68 bits per heavy atom. The molecule has 19 heavy (non-hydrogen) atoms. The van der Waals surface area contributed by atoms with Gasteiger partial charge in [0.05, 0.1) is 0 Å². The van der Waals surface area contributed by atoms with E-state index in [1.807, 2.05) is 38.2 Å². The fourth-order valence-corrected chi connectivity index (χ4v) is 3.72. The largest absolute Gasteiger partial charge is 0.313 e. The third-order valence-corrected chi connectivity index (χ3v) is 5.84. The number of likely N-dealkylation sites (N-methyl/N-ethyl adjacent to an activating group) is 1. The second kappa shape index (κ2) is 7.35. The first-order chi connectivity index (χ1) is 8.86. The fourth-order valence-electron chi connectivity index (χ4n) is 1.34. The maximum atomic E-state index is 12.1. The Kier molecular flexibility index (Phi) is 6.41. The van der Waals surface area contributed by atoms with Crippen LogP contribution in [-0.4, -0.2) is 46.5 Å². The molecule has 0 aliphatic rings.